The van der Waals surface area contributed by atoms with E-state index in [1.54, 1.807) is 6.07 Å². The van der Waals surface area contributed by atoms with E-state index in [9.17, 15) is 4.79 Å². The molecular weight excluding hydrogens is 503 g/mol. The Balaban J connectivity index is 2.10. The quantitative estimate of drug-likeness (QED) is 0.213. The summed E-state index contributed by atoms with van der Waals surface area (Å²) in [4.78, 5) is 12.7. The first-order chi connectivity index (χ1) is 15.5. The third kappa shape index (κ3) is 3.90. The maximum absolute atomic E-state index is 12.7. The van der Waals surface area contributed by atoms with Crippen LogP contribution < -0.4 is 15.9 Å². The molecule has 0 aromatic heterocycles. The summed E-state index contributed by atoms with van der Waals surface area (Å²) in [6.07, 6.45) is 0.589. The Morgan fingerprint density at radius 2 is 1.22 bits per heavy atom. The van der Waals surface area contributed by atoms with Crippen LogP contribution in [0.5, 0.6) is 0 Å². The predicted molar refractivity (Wildman–Crippen MR) is 141 cm³/mol. The number of methoxy groups -OCH3 is 1. The van der Waals surface area contributed by atoms with Crippen LogP contribution in [-0.2, 0) is 10.9 Å². The van der Waals surface area contributed by atoms with Crippen LogP contribution in [0.4, 0.5) is 0 Å². The normalized spacial score (nSPS) is 12.5. The van der Waals surface area contributed by atoms with Gasteiger partial charge in [0.25, 0.3) is 0 Å². The van der Waals surface area contributed by atoms with Gasteiger partial charge in [-0.3, -0.25) is 0 Å². The first kappa shape index (κ1) is 22.7. The molecule has 0 N–H and O–H groups in total. The molecule has 0 unspecified atom stereocenters. The van der Waals surface area contributed by atoms with Crippen LogP contribution in [0, 0.1) is 0 Å². The number of ether oxygens (including phenoxy) is 1. The molecule has 32 heavy (non-hydrogen) atoms. The van der Waals surface area contributed by atoms with Crippen molar-refractivity contribution in [2.45, 2.75) is 6.16 Å². The van der Waals surface area contributed by atoms with Crippen molar-refractivity contribution in [3.05, 3.63) is 125 Å². The van der Waals surface area contributed by atoms with Crippen molar-refractivity contribution in [2.24, 2.45) is 0 Å². The number of esters is 1. The second-order valence-corrected chi connectivity index (χ2v) is 17.0. The molecule has 0 saturated carbocycles. The molecule has 0 amide bonds. The van der Waals surface area contributed by atoms with Gasteiger partial charge >= 0.3 is 202 Å². The van der Waals surface area contributed by atoms with Gasteiger partial charge in [-0.15, -0.1) is 0 Å². The zero-order valence-corrected chi connectivity index (χ0v) is 20.9. The SMILES string of the molecule is COC(=O)c1cc(Cl)ccc1CP(Br)(c1ccccc1)(c1ccccc1)c1ccccc1. The number of carbonyl (C=O) groups is 1. The molecule has 0 aliphatic carbocycles. The summed E-state index contributed by atoms with van der Waals surface area (Å²) < 4.78 is 5.10. The second kappa shape index (κ2) is 9.19. The number of rotatable bonds is 6. The summed E-state index contributed by atoms with van der Waals surface area (Å²) in [6, 6.07) is 36.9. The van der Waals surface area contributed by atoms with Crippen LogP contribution in [0.3, 0.4) is 0 Å². The first-order valence-electron chi connectivity index (χ1n) is 10.2. The Kier molecular flexibility index (Phi) is 6.53. The zero-order valence-electron chi connectivity index (χ0n) is 17.6. The summed E-state index contributed by atoms with van der Waals surface area (Å²) in [5.41, 5.74) is 1.36. The molecule has 4 rings (SSSR count). The van der Waals surface area contributed by atoms with Crippen molar-refractivity contribution in [2.75, 3.05) is 7.11 Å². The Bertz CT molecular complexity index is 1130. The average molecular weight is 526 g/mol. The van der Waals surface area contributed by atoms with Crippen LogP contribution in [0.1, 0.15) is 15.9 Å². The van der Waals surface area contributed by atoms with Gasteiger partial charge < -0.3 is 0 Å². The molecule has 0 aliphatic rings. The summed E-state index contributed by atoms with van der Waals surface area (Å²) >= 11 is 10.7. The van der Waals surface area contributed by atoms with E-state index < -0.39 is 11.3 Å². The number of hydrogen-bond donors (Lipinski definition) is 0. The summed E-state index contributed by atoms with van der Waals surface area (Å²) in [6.45, 7) is 0. The van der Waals surface area contributed by atoms with E-state index in [2.05, 4.69) is 88.3 Å². The topological polar surface area (TPSA) is 26.3 Å². The third-order valence-electron chi connectivity index (χ3n) is 5.83. The van der Waals surface area contributed by atoms with Crippen LogP contribution >= 0.6 is 32.4 Å². The fourth-order valence-corrected chi connectivity index (χ4v) is 12.1. The van der Waals surface area contributed by atoms with Crippen molar-refractivity contribution >= 4 is 54.3 Å². The third-order valence-corrected chi connectivity index (χ3v) is 15.6. The van der Waals surface area contributed by atoms with Gasteiger partial charge in [-0.2, -0.15) is 0 Å². The molecular formula is C27H23BrClO2P. The van der Waals surface area contributed by atoms with Gasteiger partial charge in [0.1, 0.15) is 0 Å². The molecule has 0 heterocycles. The monoisotopic (exact) mass is 524 g/mol. The molecule has 4 aromatic carbocycles. The molecule has 0 bridgehead atoms. The van der Waals surface area contributed by atoms with Gasteiger partial charge in [-0.1, -0.05) is 0 Å². The Morgan fingerprint density at radius 1 is 0.781 bits per heavy atom. The Hall–Kier alpha value is -2.45. The maximum atomic E-state index is 12.7. The van der Waals surface area contributed by atoms with Gasteiger partial charge in [0.05, 0.1) is 0 Å². The number of carbonyl (C=O) groups excluding carboxylic acids is 1. The Morgan fingerprint density at radius 3 is 1.62 bits per heavy atom. The van der Waals surface area contributed by atoms with Crippen molar-refractivity contribution in [3.63, 3.8) is 0 Å². The molecule has 0 atom stereocenters. The minimum absolute atomic E-state index is 0.394. The van der Waals surface area contributed by atoms with Crippen molar-refractivity contribution in [1.82, 2.24) is 0 Å². The second-order valence-electron chi connectivity index (χ2n) is 7.64. The molecule has 0 aliphatic heterocycles. The molecule has 0 fully saturated rings. The molecule has 162 valence electrons. The van der Waals surface area contributed by atoms with E-state index in [4.69, 9.17) is 16.3 Å². The number of hydrogen-bond acceptors (Lipinski definition) is 2. The van der Waals surface area contributed by atoms with Crippen LogP contribution in [0.2, 0.25) is 5.02 Å². The number of benzene rings is 4. The van der Waals surface area contributed by atoms with E-state index in [0.29, 0.717) is 16.7 Å². The fourth-order valence-electron chi connectivity index (χ4n) is 4.24. The van der Waals surface area contributed by atoms with Gasteiger partial charge in [0.15, 0.2) is 0 Å². The molecule has 0 radical (unpaired) electrons. The van der Waals surface area contributed by atoms with Gasteiger partial charge in [-0.25, -0.2) is 0 Å². The van der Waals surface area contributed by atoms with E-state index in [0.717, 1.165) is 5.56 Å². The van der Waals surface area contributed by atoms with E-state index in [-0.39, 0.29) is 0 Å². The zero-order chi connectivity index (χ0) is 22.6. The van der Waals surface area contributed by atoms with Crippen LogP contribution in [-0.4, -0.2) is 13.1 Å². The van der Waals surface area contributed by atoms with Crippen molar-refractivity contribution in [3.8, 4) is 0 Å². The molecule has 5 heteroatoms. The predicted octanol–water partition coefficient (Wildman–Crippen LogP) is 6.47. The fraction of sp³-hybridized carbons (Fsp3) is 0.0741. The average Bonchev–Trinajstić information content (AvgIpc) is 2.86. The van der Waals surface area contributed by atoms with Crippen LogP contribution in [0.25, 0.3) is 0 Å². The van der Waals surface area contributed by atoms with Crippen molar-refractivity contribution in [1.29, 1.82) is 0 Å². The standard InChI is InChI=1S/C27H23BrClO2P/c1-31-27(30)26-19-22(29)18-17-21(26)20-32(28,23-11-5-2-6-12-23,24-13-7-3-8-14-24)25-15-9-4-10-16-25/h2-19H,20H2,1H3. The summed E-state index contributed by atoms with van der Waals surface area (Å²) in [5, 5.41) is 0.818. The van der Waals surface area contributed by atoms with Gasteiger partial charge in [0, 0.05) is 0 Å². The van der Waals surface area contributed by atoms with Crippen molar-refractivity contribution < 1.29 is 9.53 Å². The van der Waals surface area contributed by atoms with E-state index in [1.165, 1.54) is 23.0 Å². The van der Waals surface area contributed by atoms with Gasteiger partial charge in [0.2, 0.25) is 0 Å². The van der Waals surface area contributed by atoms with E-state index in [1.807, 2.05) is 30.3 Å². The minimum atomic E-state index is -3.23. The molecule has 0 spiro atoms. The first-order valence-corrected chi connectivity index (χ1v) is 15.1. The van der Waals surface area contributed by atoms with Crippen LogP contribution in [0.15, 0.2) is 109 Å². The number of halogens is 2. The molecule has 4 aromatic rings. The Labute approximate surface area is 201 Å². The summed E-state index contributed by atoms with van der Waals surface area (Å²) in [7, 11) is 1.40. The van der Waals surface area contributed by atoms with Gasteiger partial charge in [-0.05, 0) is 0 Å². The molecule has 0 saturated heterocycles. The summed E-state index contributed by atoms with van der Waals surface area (Å²) in [5.74, 6) is -0.394. The molecule has 2 nitrogen and oxygen atoms in total. The van der Waals surface area contributed by atoms with E-state index >= 15 is 0 Å².